The fourth-order valence-corrected chi connectivity index (χ4v) is 1.91. The van der Waals surface area contributed by atoms with E-state index in [1.54, 1.807) is 6.20 Å². The summed E-state index contributed by atoms with van der Waals surface area (Å²) in [5, 5.41) is 3.09. The first-order chi connectivity index (χ1) is 8.13. The number of imide groups is 1. The number of carbonyl (C=O) groups is 2. The molecule has 0 aromatic carbocycles. The number of likely N-dealkylation sites (tertiary alicyclic amines) is 1. The first-order valence-corrected chi connectivity index (χ1v) is 5.71. The zero-order chi connectivity index (χ0) is 12.4. The summed E-state index contributed by atoms with van der Waals surface area (Å²) in [7, 11) is 1.52. The van der Waals surface area contributed by atoms with Crippen molar-refractivity contribution < 1.29 is 9.59 Å². The fourth-order valence-electron chi connectivity index (χ4n) is 1.91. The van der Waals surface area contributed by atoms with Crippen LogP contribution in [0.25, 0.3) is 0 Å². The van der Waals surface area contributed by atoms with Crippen LogP contribution in [0.15, 0.2) is 12.4 Å². The summed E-state index contributed by atoms with van der Waals surface area (Å²) in [5.74, 6) is 0.368. The summed E-state index contributed by atoms with van der Waals surface area (Å²) < 4.78 is 1.92. The third-order valence-electron chi connectivity index (χ3n) is 3.01. The van der Waals surface area contributed by atoms with Crippen molar-refractivity contribution in [1.29, 1.82) is 0 Å². The van der Waals surface area contributed by atoms with Gasteiger partial charge in [0.05, 0.1) is 0 Å². The molecule has 1 N–H and O–H groups in total. The minimum Gasteiger partial charge on any atom is -0.344 e. The van der Waals surface area contributed by atoms with Gasteiger partial charge in [0, 0.05) is 32.4 Å². The van der Waals surface area contributed by atoms with Crippen LogP contribution in [0.3, 0.4) is 0 Å². The number of nitrogens with zero attached hydrogens (tertiary/aromatic N) is 3. The van der Waals surface area contributed by atoms with Gasteiger partial charge in [-0.25, -0.2) is 4.98 Å². The van der Waals surface area contributed by atoms with E-state index >= 15 is 0 Å². The third kappa shape index (κ3) is 2.15. The van der Waals surface area contributed by atoms with Crippen LogP contribution >= 0.6 is 0 Å². The number of aromatic nitrogens is 2. The zero-order valence-corrected chi connectivity index (χ0v) is 10.0. The van der Waals surface area contributed by atoms with Crippen LogP contribution < -0.4 is 5.32 Å². The molecule has 17 heavy (non-hydrogen) atoms. The van der Waals surface area contributed by atoms with Crippen molar-refractivity contribution >= 4 is 17.8 Å². The van der Waals surface area contributed by atoms with E-state index in [0.717, 1.165) is 6.54 Å². The van der Waals surface area contributed by atoms with Crippen molar-refractivity contribution in [2.75, 3.05) is 12.4 Å². The van der Waals surface area contributed by atoms with Gasteiger partial charge in [0.2, 0.25) is 11.9 Å². The number of piperidine rings is 1. The molecule has 6 nitrogen and oxygen atoms in total. The van der Waals surface area contributed by atoms with E-state index in [4.69, 9.17) is 0 Å². The van der Waals surface area contributed by atoms with Gasteiger partial charge in [-0.05, 0) is 13.3 Å². The number of rotatable bonds is 3. The first kappa shape index (κ1) is 11.6. The molecule has 2 amide bonds. The Morgan fingerprint density at radius 3 is 3.00 bits per heavy atom. The Morgan fingerprint density at radius 2 is 2.29 bits per heavy atom. The smallest absolute Gasteiger partial charge is 0.251 e. The summed E-state index contributed by atoms with van der Waals surface area (Å²) in [4.78, 5) is 28.5. The molecule has 1 aliphatic rings. The van der Waals surface area contributed by atoms with Crippen molar-refractivity contribution in [3.63, 3.8) is 0 Å². The van der Waals surface area contributed by atoms with Gasteiger partial charge in [-0.3, -0.25) is 14.5 Å². The second kappa shape index (κ2) is 4.57. The molecular weight excluding hydrogens is 220 g/mol. The molecule has 0 spiro atoms. The highest BCUT2D eigenvalue weighted by atomic mass is 16.2. The molecule has 2 heterocycles. The Labute approximate surface area is 99.6 Å². The lowest BCUT2D eigenvalue weighted by Gasteiger charge is -2.28. The van der Waals surface area contributed by atoms with E-state index < -0.39 is 0 Å². The van der Waals surface area contributed by atoms with E-state index in [-0.39, 0.29) is 17.9 Å². The quantitative estimate of drug-likeness (QED) is 0.774. The number of hydrogen-bond donors (Lipinski definition) is 1. The van der Waals surface area contributed by atoms with Gasteiger partial charge in [-0.15, -0.1) is 0 Å². The van der Waals surface area contributed by atoms with Crippen LogP contribution in [0.5, 0.6) is 0 Å². The fraction of sp³-hybridized carbons (Fsp3) is 0.545. The number of nitrogens with one attached hydrogen (secondary N) is 1. The lowest BCUT2D eigenvalue weighted by molar-refractivity contribution is -0.146. The van der Waals surface area contributed by atoms with Crippen LogP contribution in [0.2, 0.25) is 0 Å². The Bertz CT molecular complexity index is 440. The number of imidazole rings is 1. The molecule has 0 saturated carbocycles. The molecule has 1 aliphatic heterocycles. The molecule has 1 saturated heterocycles. The predicted octanol–water partition coefficient (Wildman–Crippen LogP) is 0.462. The van der Waals surface area contributed by atoms with Gasteiger partial charge in [-0.2, -0.15) is 0 Å². The molecule has 0 aliphatic carbocycles. The van der Waals surface area contributed by atoms with Crippen molar-refractivity contribution in [2.24, 2.45) is 0 Å². The molecule has 1 aromatic heterocycles. The van der Waals surface area contributed by atoms with Gasteiger partial charge in [0.25, 0.3) is 5.91 Å². The number of carbonyl (C=O) groups excluding carboxylic acids is 2. The summed E-state index contributed by atoms with van der Waals surface area (Å²) in [6.45, 7) is 2.79. The summed E-state index contributed by atoms with van der Waals surface area (Å²) in [5.41, 5.74) is 0. The van der Waals surface area contributed by atoms with Crippen LogP contribution in [-0.4, -0.2) is 39.4 Å². The zero-order valence-electron chi connectivity index (χ0n) is 10.0. The van der Waals surface area contributed by atoms with E-state index in [9.17, 15) is 9.59 Å². The van der Waals surface area contributed by atoms with Crippen molar-refractivity contribution in [1.82, 2.24) is 14.5 Å². The molecule has 1 aromatic rings. The standard InChI is InChI=1S/C11H16N4O2/c1-3-15-7-6-12-11(15)13-8-4-5-9(16)14(2)10(8)17/h6-8H,3-5H2,1-2H3,(H,12,13). The van der Waals surface area contributed by atoms with Crippen molar-refractivity contribution in [2.45, 2.75) is 32.4 Å². The van der Waals surface area contributed by atoms with Gasteiger partial charge >= 0.3 is 0 Å². The maximum atomic E-state index is 11.9. The Morgan fingerprint density at radius 1 is 1.53 bits per heavy atom. The van der Waals surface area contributed by atoms with Crippen LogP contribution in [0.1, 0.15) is 19.8 Å². The number of hydrogen-bond acceptors (Lipinski definition) is 4. The number of aryl methyl sites for hydroxylation is 1. The largest absolute Gasteiger partial charge is 0.344 e. The highest BCUT2D eigenvalue weighted by Crippen LogP contribution is 2.16. The topological polar surface area (TPSA) is 67.2 Å². The molecule has 0 radical (unpaired) electrons. The Hall–Kier alpha value is -1.85. The minimum atomic E-state index is -0.356. The van der Waals surface area contributed by atoms with Crippen molar-refractivity contribution in [3.8, 4) is 0 Å². The van der Waals surface area contributed by atoms with Crippen LogP contribution in [0.4, 0.5) is 5.95 Å². The van der Waals surface area contributed by atoms with Gasteiger partial charge < -0.3 is 9.88 Å². The molecule has 1 atom stereocenters. The third-order valence-corrected chi connectivity index (χ3v) is 3.01. The first-order valence-electron chi connectivity index (χ1n) is 5.71. The van der Waals surface area contributed by atoms with Crippen molar-refractivity contribution in [3.05, 3.63) is 12.4 Å². The van der Waals surface area contributed by atoms with Gasteiger partial charge in [0.15, 0.2) is 0 Å². The summed E-state index contributed by atoms with van der Waals surface area (Å²) >= 11 is 0. The monoisotopic (exact) mass is 236 g/mol. The van der Waals surface area contributed by atoms with Crippen LogP contribution in [0, 0.1) is 0 Å². The average molecular weight is 236 g/mol. The number of anilines is 1. The summed E-state index contributed by atoms with van der Waals surface area (Å²) in [6.07, 6.45) is 4.46. The molecule has 92 valence electrons. The second-order valence-electron chi connectivity index (χ2n) is 4.06. The number of likely N-dealkylation sites (N-methyl/N-ethyl adjacent to an activating group) is 1. The van der Waals surface area contributed by atoms with Crippen LogP contribution in [-0.2, 0) is 16.1 Å². The minimum absolute atomic E-state index is 0.119. The lowest BCUT2D eigenvalue weighted by atomic mass is 10.1. The van der Waals surface area contributed by atoms with E-state index in [1.807, 2.05) is 17.7 Å². The lowest BCUT2D eigenvalue weighted by Crippen LogP contribution is -2.48. The maximum absolute atomic E-state index is 11.9. The summed E-state index contributed by atoms with van der Waals surface area (Å²) in [6, 6.07) is -0.356. The van der Waals surface area contributed by atoms with E-state index in [2.05, 4.69) is 10.3 Å². The van der Waals surface area contributed by atoms with Gasteiger partial charge in [-0.1, -0.05) is 0 Å². The molecule has 6 heteroatoms. The Kier molecular flexibility index (Phi) is 3.12. The maximum Gasteiger partial charge on any atom is 0.251 e. The van der Waals surface area contributed by atoms with Gasteiger partial charge in [0.1, 0.15) is 6.04 Å². The predicted molar refractivity (Wildman–Crippen MR) is 62.3 cm³/mol. The Balaban J connectivity index is 2.09. The molecule has 2 rings (SSSR count). The second-order valence-corrected chi connectivity index (χ2v) is 4.06. The van der Waals surface area contributed by atoms with E-state index in [0.29, 0.717) is 18.8 Å². The normalized spacial score (nSPS) is 20.8. The molecule has 1 fully saturated rings. The van der Waals surface area contributed by atoms with E-state index in [1.165, 1.54) is 11.9 Å². The molecular formula is C11H16N4O2. The molecule has 1 unspecified atom stereocenters. The number of amides is 2. The highest BCUT2D eigenvalue weighted by molar-refractivity contribution is 6.01. The molecule has 0 bridgehead atoms. The average Bonchev–Trinajstić information content (AvgIpc) is 2.77. The SMILES string of the molecule is CCn1ccnc1NC1CCC(=O)N(C)C1=O. The highest BCUT2D eigenvalue weighted by Gasteiger charge is 2.32.